The Balaban J connectivity index is 1.69. The zero-order valence-corrected chi connectivity index (χ0v) is 12.7. The molecule has 6 heteroatoms. The number of nitrogens with zero attached hydrogens (tertiary/aromatic N) is 2. The lowest BCUT2D eigenvalue weighted by Gasteiger charge is -2.03. The summed E-state index contributed by atoms with van der Waals surface area (Å²) in [6, 6.07) is 13.3. The maximum absolute atomic E-state index is 10.6. The fourth-order valence-electron chi connectivity index (χ4n) is 2.40. The lowest BCUT2D eigenvalue weighted by Crippen LogP contribution is -1.92. The zero-order chi connectivity index (χ0) is 16.7. The monoisotopic (exact) mass is 314 g/mol. The molecule has 0 aliphatic heterocycles. The summed E-state index contributed by atoms with van der Waals surface area (Å²) < 4.78 is 0. The van der Waals surface area contributed by atoms with Crippen LogP contribution in [0.3, 0.4) is 0 Å². The second-order valence-electron chi connectivity index (χ2n) is 5.41. The van der Waals surface area contributed by atoms with Gasteiger partial charge in [-0.15, -0.1) is 0 Å². The summed E-state index contributed by atoms with van der Waals surface area (Å²) >= 11 is 0. The van der Waals surface area contributed by atoms with Gasteiger partial charge in [-0.1, -0.05) is 30.7 Å². The molecule has 2 aromatic carbocycles. The van der Waals surface area contributed by atoms with Gasteiger partial charge in [-0.25, -0.2) is 0 Å². The molecule has 0 bridgehead atoms. The van der Waals surface area contributed by atoms with E-state index >= 15 is 0 Å². The van der Waals surface area contributed by atoms with Crippen molar-refractivity contribution in [2.24, 2.45) is 0 Å². The molecule has 0 aliphatic rings. The molecular formula is C17H18N2O4. The van der Waals surface area contributed by atoms with E-state index in [0.717, 1.165) is 43.2 Å². The highest BCUT2D eigenvalue weighted by atomic mass is 16.6. The van der Waals surface area contributed by atoms with Gasteiger partial charge >= 0.3 is 0 Å². The quantitative estimate of drug-likeness (QED) is 0.409. The van der Waals surface area contributed by atoms with Gasteiger partial charge in [-0.3, -0.25) is 20.2 Å². The number of aryl methyl sites for hydroxylation is 2. The van der Waals surface area contributed by atoms with Crippen molar-refractivity contribution in [1.29, 1.82) is 0 Å². The van der Waals surface area contributed by atoms with Crippen molar-refractivity contribution in [2.45, 2.75) is 32.1 Å². The van der Waals surface area contributed by atoms with Gasteiger partial charge in [0, 0.05) is 24.3 Å². The number of nitro groups is 2. The fourth-order valence-corrected chi connectivity index (χ4v) is 2.40. The molecule has 0 N–H and O–H groups in total. The summed E-state index contributed by atoms with van der Waals surface area (Å²) in [5, 5.41) is 21.1. The van der Waals surface area contributed by atoms with Gasteiger partial charge < -0.3 is 0 Å². The molecule has 0 aromatic heterocycles. The van der Waals surface area contributed by atoms with Gasteiger partial charge in [0.05, 0.1) is 9.85 Å². The Morgan fingerprint density at radius 1 is 0.609 bits per heavy atom. The summed E-state index contributed by atoms with van der Waals surface area (Å²) in [6.45, 7) is 0. The maximum atomic E-state index is 10.6. The van der Waals surface area contributed by atoms with Crippen LogP contribution in [0.4, 0.5) is 11.4 Å². The lowest BCUT2D eigenvalue weighted by atomic mass is 10.0. The van der Waals surface area contributed by atoms with Crippen molar-refractivity contribution in [3.05, 3.63) is 79.9 Å². The first-order valence-corrected chi connectivity index (χ1v) is 7.53. The summed E-state index contributed by atoms with van der Waals surface area (Å²) in [4.78, 5) is 20.4. The number of rotatable bonds is 8. The molecule has 6 nitrogen and oxygen atoms in total. The number of nitro benzene ring substituents is 2. The number of benzene rings is 2. The Morgan fingerprint density at radius 3 is 1.26 bits per heavy atom. The van der Waals surface area contributed by atoms with E-state index in [4.69, 9.17) is 0 Å². The third kappa shape index (κ3) is 5.18. The van der Waals surface area contributed by atoms with Crippen molar-refractivity contribution in [1.82, 2.24) is 0 Å². The minimum Gasteiger partial charge on any atom is -0.258 e. The Bertz CT molecular complexity index is 606. The number of non-ortho nitro benzene ring substituents is 2. The molecular weight excluding hydrogens is 296 g/mol. The van der Waals surface area contributed by atoms with Gasteiger partial charge in [-0.2, -0.15) is 0 Å². The van der Waals surface area contributed by atoms with Gasteiger partial charge in [0.1, 0.15) is 0 Å². The van der Waals surface area contributed by atoms with Crippen LogP contribution in [0.15, 0.2) is 48.5 Å². The topological polar surface area (TPSA) is 86.3 Å². The molecule has 0 spiro atoms. The average Bonchev–Trinajstić information content (AvgIpc) is 2.55. The van der Waals surface area contributed by atoms with E-state index in [2.05, 4.69) is 0 Å². The Morgan fingerprint density at radius 2 is 0.957 bits per heavy atom. The van der Waals surface area contributed by atoms with Crippen LogP contribution in [-0.4, -0.2) is 9.85 Å². The molecule has 23 heavy (non-hydrogen) atoms. The second kappa shape index (κ2) is 8.03. The normalized spacial score (nSPS) is 10.4. The minimum absolute atomic E-state index is 0.118. The second-order valence-corrected chi connectivity index (χ2v) is 5.41. The molecule has 0 amide bonds. The largest absolute Gasteiger partial charge is 0.269 e. The van der Waals surface area contributed by atoms with Gasteiger partial charge in [0.15, 0.2) is 0 Å². The van der Waals surface area contributed by atoms with E-state index in [1.165, 1.54) is 24.3 Å². The van der Waals surface area contributed by atoms with E-state index < -0.39 is 9.85 Å². The SMILES string of the molecule is O=[N+]([O-])c1ccc(CCCCCc2ccc([N+](=O)[O-])cc2)cc1. The molecule has 0 aliphatic carbocycles. The van der Waals surface area contributed by atoms with Crippen LogP contribution in [0.25, 0.3) is 0 Å². The Labute approximate surface area is 134 Å². The standard InChI is InChI=1S/C17H18N2O4/c20-18(21)16-10-6-14(7-11-16)4-2-1-3-5-15-8-12-17(13-9-15)19(22)23/h6-13H,1-5H2. The summed E-state index contributed by atoms with van der Waals surface area (Å²) in [6.07, 6.45) is 4.89. The molecule has 0 heterocycles. The van der Waals surface area contributed by atoms with Crippen LogP contribution < -0.4 is 0 Å². The van der Waals surface area contributed by atoms with Crippen LogP contribution in [0.2, 0.25) is 0 Å². The molecule has 0 atom stereocenters. The Hall–Kier alpha value is -2.76. The van der Waals surface area contributed by atoms with E-state index in [1.54, 1.807) is 24.3 Å². The fraction of sp³-hybridized carbons (Fsp3) is 0.294. The summed E-state index contributed by atoms with van der Waals surface area (Å²) in [5.41, 5.74) is 2.44. The van der Waals surface area contributed by atoms with Crippen LogP contribution in [-0.2, 0) is 12.8 Å². The van der Waals surface area contributed by atoms with Crippen molar-refractivity contribution in [3.8, 4) is 0 Å². The molecule has 0 saturated heterocycles. The third-order valence-corrected chi connectivity index (χ3v) is 3.73. The first-order chi connectivity index (χ1) is 11.1. The predicted octanol–water partition coefficient (Wildman–Crippen LogP) is 4.46. The van der Waals surface area contributed by atoms with E-state index in [1.807, 2.05) is 0 Å². The van der Waals surface area contributed by atoms with Crippen molar-refractivity contribution in [3.63, 3.8) is 0 Å². The van der Waals surface area contributed by atoms with Crippen LogP contribution in [0, 0.1) is 20.2 Å². The molecule has 0 saturated carbocycles. The van der Waals surface area contributed by atoms with Crippen LogP contribution >= 0.6 is 0 Å². The van der Waals surface area contributed by atoms with Crippen LogP contribution in [0.1, 0.15) is 30.4 Å². The van der Waals surface area contributed by atoms with Crippen LogP contribution in [0.5, 0.6) is 0 Å². The lowest BCUT2D eigenvalue weighted by molar-refractivity contribution is -0.385. The number of unbranched alkanes of at least 4 members (excludes halogenated alkanes) is 2. The number of hydrogen-bond acceptors (Lipinski definition) is 4. The third-order valence-electron chi connectivity index (χ3n) is 3.73. The molecule has 0 fully saturated rings. The molecule has 0 radical (unpaired) electrons. The highest BCUT2D eigenvalue weighted by Crippen LogP contribution is 2.16. The van der Waals surface area contributed by atoms with Gasteiger partial charge in [0.2, 0.25) is 0 Å². The van der Waals surface area contributed by atoms with Crippen molar-refractivity contribution >= 4 is 11.4 Å². The van der Waals surface area contributed by atoms with E-state index in [9.17, 15) is 20.2 Å². The highest BCUT2D eigenvalue weighted by molar-refractivity contribution is 5.33. The zero-order valence-electron chi connectivity index (χ0n) is 12.7. The average molecular weight is 314 g/mol. The van der Waals surface area contributed by atoms with Crippen molar-refractivity contribution < 1.29 is 9.85 Å². The first-order valence-electron chi connectivity index (χ1n) is 7.53. The minimum atomic E-state index is -0.395. The molecule has 0 unspecified atom stereocenters. The summed E-state index contributed by atoms with van der Waals surface area (Å²) in [5.74, 6) is 0. The van der Waals surface area contributed by atoms with Gasteiger partial charge in [-0.05, 0) is 36.8 Å². The number of hydrogen-bond donors (Lipinski definition) is 0. The smallest absolute Gasteiger partial charge is 0.258 e. The predicted molar refractivity (Wildman–Crippen MR) is 87.5 cm³/mol. The van der Waals surface area contributed by atoms with E-state index in [0.29, 0.717) is 0 Å². The molecule has 120 valence electrons. The van der Waals surface area contributed by atoms with Gasteiger partial charge in [0.25, 0.3) is 11.4 Å². The maximum Gasteiger partial charge on any atom is 0.269 e. The molecule has 2 rings (SSSR count). The van der Waals surface area contributed by atoms with Crippen molar-refractivity contribution in [2.75, 3.05) is 0 Å². The first kappa shape index (κ1) is 16.6. The summed E-state index contributed by atoms with van der Waals surface area (Å²) in [7, 11) is 0. The highest BCUT2D eigenvalue weighted by Gasteiger charge is 2.05. The van der Waals surface area contributed by atoms with E-state index in [-0.39, 0.29) is 11.4 Å². The molecule has 2 aromatic rings. The Kier molecular flexibility index (Phi) is 5.80.